The molecule has 18 heavy (non-hydrogen) atoms. The molecule has 1 aromatic carbocycles. The number of hydrogen-bond acceptors (Lipinski definition) is 2. The first kappa shape index (κ1) is 11.4. The number of alkyl halides is 1. The Labute approximate surface area is 109 Å². The Morgan fingerprint density at radius 1 is 1.39 bits per heavy atom. The van der Waals surface area contributed by atoms with Crippen molar-refractivity contribution >= 4 is 28.1 Å². The van der Waals surface area contributed by atoms with Gasteiger partial charge in [0.05, 0.1) is 11.1 Å². The number of fused-ring (bicyclic) bond motifs is 3. The molecule has 0 saturated heterocycles. The van der Waals surface area contributed by atoms with Gasteiger partial charge >= 0.3 is 0 Å². The van der Waals surface area contributed by atoms with E-state index >= 15 is 0 Å². The van der Waals surface area contributed by atoms with Crippen molar-refractivity contribution in [2.75, 3.05) is 12.5 Å². The highest BCUT2D eigenvalue weighted by Gasteiger charge is 2.21. The lowest BCUT2D eigenvalue weighted by molar-refractivity contribution is 0.360. The van der Waals surface area contributed by atoms with Gasteiger partial charge in [-0.2, -0.15) is 0 Å². The van der Waals surface area contributed by atoms with Crippen molar-refractivity contribution in [1.29, 1.82) is 0 Å². The van der Waals surface area contributed by atoms with Crippen molar-refractivity contribution in [3.63, 3.8) is 0 Å². The number of aromatic nitrogens is 1. The number of halogens is 1. The molecule has 0 N–H and O–H groups in total. The molecule has 3 rings (SSSR count). The molecule has 1 aliphatic heterocycles. The van der Waals surface area contributed by atoms with Crippen LogP contribution in [0.4, 0.5) is 0 Å². The third-order valence-electron chi connectivity index (χ3n) is 3.28. The van der Waals surface area contributed by atoms with Gasteiger partial charge in [-0.3, -0.25) is 4.79 Å². The molecule has 0 radical (unpaired) electrons. The second-order valence-electron chi connectivity index (χ2n) is 4.26. The third kappa shape index (κ3) is 1.47. The molecule has 0 amide bonds. The molecule has 0 spiro atoms. The average molecular weight is 262 g/mol. The van der Waals surface area contributed by atoms with Crippen molar-refractivity contribution in [3.8, 4) is 5.75 Å². The maximum absolute atomic E-state index is 12.4. The number of allylic oxidation sites excluding steroid dienone is 1. The summed E-state index contributed by atoms with van der Waals surface area (Å²) in [5.74, 6) is 0.982. The van der Waals surface area contributed by atoms with E-state index in [2.05, 4.69) is 0 Å². The Hall–Kier alpha value is -1.74. The van der Waals surface area contributed by atoms with E-state index in [0.717, 1.165) is 16.5 Å². The smallest absolute Gasteiger partial charge is 0.262 e. The maximum Gasteiger partial charge on any atom is 0.262 e. The second kappa shape index (κ2) is 4.18. The largest absolute Gasteiger partial charge is 0.488 e. The zero-order valence-corrected chi connectivity index (χ0v) is 10.7. The van der Waals surface area contributed by atoms with Crippen molar-refractivity contribution in [1.82, 2.24) is 4.57 Å². The fourth-order valence-corrected chi connectivity index (χ4v) is 2.59. The predicted octanol–water partition coefficient (Wildman–Crippen LogP) is 2.55. The molecular formula is C14H12ClNO2. The summed E-state index contributed by atoms with van der Waals surface area (Å²) in [5.41, 5.74) is 2.26. The van der Waals surface area contributed by atoms with Gasteiger partial charge in [0.25, 0.3) is 5.56 Å². The SMILES string of the molecule is Cn1c(=O)c2c(c3ccccc31)OCC=C2CCl. The van der Waals surface area contributed by atoms with Crippen LogP contribution in [-0.2, 0) is 7.05 Å². The van der Waals surface area contributed by atoms with Gasteiger partial charge in [-0.05, 0) is 23.8 Å². The summed E-state index contributed by atoms with van der Waals surface area (Å²) >= 11 is 5.91. The Balaban J connectivity index is 2.50. The van der Waals surface area contributed by atoms with Gasteiger partial charge in [0.1, 0.15) is 12.4 Å². The lowest BCUT2D eigenvalue weighted by Gasteiger charge is -2.20. The van der Waals surface area contributed by atoms with Crippen LogP contribution in [0.1, 0.15) is 5.56 Å². The second-order valence-corrected chi connectivity index (χ2v) is 4.53. The monoisotopic (exact) mass is 261 g/mol. The molecule has 2 aromatic rings. The number of rotatable bonds is 1. The van der Waals surface area contributed by atoms with Crippen molar-refractivity contribution < 1.29 is 4.74 Å². The molecule has 0 atom stereocenters. The van der Waals surface area contributed by atoms with E-state index in [1.54, 1.807) is 11.6 Å². The first-order chi connectivity index (χ1) is 8.74. The Kier molecular flexibility index (Phi) is 2.63. The van der Waals surface area contributed by atoms with E-state index in [-0.39, 0.29) is 5.56 Å². The number of ether oxygens (including phenoxy) is 1. The lowest BCUT2D eigenvalue weighted by atomic mass is 10.0. The molecule has 3 nitrogen and oxygen atoms in total. The normalized spacial score (nSPS) is 14.0. The zero-order chi connectivity index (χ0) is 12.7. The van der Waals surface area contributed by atoms with E-state index in [1.807, 2.05) is 30.3 Å². The molecule has 0 fully saturated rings. The number of nitrogens with zero attached hydrogens (tertiary/aromatic N) is 1. The molecule has 1 aliphatic rings. The maximum atomic E-state index is 12.4. The van der Waals surface area contributed by atoms with Crippen LogP contribution in [-0.4, -0.2) is 17.1 Å². The first-order valence-electron chi connectivity index (χ1n) is 5.74. The molecule has 0 bridgehead atoms. The van der Waals surface area contributed by atoms with E-state index in [1.165, 1.54) is 0 Å². The lowest BCUT2D eigenvalue weighted by Crippen LogP contribution is -2.24. The van der Waals surface area contributed by atoms with Crippen LogP contribution in [0.5, 0.6) is 5.75 Å². The number of para-hydroxylation sites is 1. The summed E-state index contributed by atoms with van der Waals surface area (Å²) in [5, 5.41) is 0.949. The van der Waals surface area contributed by atoms with Crippen molar-refractivity contribution in [2.45, 2.75) is 0 Å². The van der Waals surface area contributed by atoms with Gasteiger partial charge in [-0.15, -0.1) is 11.6 Å². The number of aryl methyl sites for hydroxylation is 1. The third-order valence-corrected chi connectivity index (χ3v) is 3.57. The summed E-state index contributed by atoms with van der Waals surface area (Å²) in [6.07, 6.45) is 1.87. The fourth-order valence-electron chi connectivity index (χ4n) is 2.35. The molecular weight excluding hydrogens is 250 g/mol. The van der Waals surface area contributed by atoms with Gasteiger partial charge in [0, 0.05) is 18.3 Å². The van der Waals surface area contributed by atoms with Crippen LogP contribution in [0, 0.1) is 0 Å². The highest BCUT2D eigenvalue weighted by molar-refractivity contribution is 6.23. The topological polar surface area (TPSA) is 31.2 Å². The quantitative estimate of drug-likeness (QED) is 0.739. The first-order valence-corrected chi connectivity index (χ1v) is 6.27. The van der Waals surface area contributed by atoms with Crippen LogP contribution in [0.2, 0.25) is 0 Å². The van der Waals surface area contributed by atoms with Crippen molar-refractivity contribution in [3.05, 3.63) is 46.3 Å². The summed E-state index contributed by atoms with van der Waals surface area (Å²) < 4.78 is 7.30. The minimum atomic E-state index is -0.0599. The Morgan fingerprint density at radius 3 is 2.94 bits per heavy atom. The molecule has 1 aromatic heterocycles. The Bertz CT molecular complexity index is 716. The van der Waals surface area contributed by atoms with E-state index in [4.69, 9.17) is 16.3 Å². The van der Waals surface area contributed by atoms with Crippen molar-refractivity contribution in [2.24, 2.45) is 7.05 Å². The summed E-state index contributed by atoms with van der Waals surface area (Å²) in [6.45, 7) is 0.464. The number of pyridine rings is 1. The van der Waals surface area contributed by atoms with Gasteiger partial charge in [0.2, 0.25) is 0 Å². The standard InChI is InChI=1S/C14H12ClNO2/c1-16-11-5-3-2-4-10(11)13-12(14(16)17)9(8-15)6-7-18-13/h2-6H,7-8H2,1H3. The van der Waals surface area contributed by atoms with Gasteiger partial charge < -0.3 is 9.30 Å². The molecule has 0 unspecified atom stereocenters. The highest BCUT2D eigenvalue weighted by Crippen LogP contribution is 2.34. The van der Waals surface area contributed by atoms with Crippen LogP contribution in [0.3, 0.4) is 0 Å². The van der Waals surface area contributed by atoms with Gasteiger partial charge in [-0.25, -0.2) is 0 Å². The van der Waals surface area contributed by atoms with Gasteiger partial charge in [-0.1, -0.05) is 12.1 Å². The summed E-state index contributed by atoms with van der Waals surface area (Å²) in [6, 6.07) is 7.73. The van der Waals surface area contributed by atoms with E-state index in [0.29, 0.717) is 23.8 Å². The minimum absolute atomic E-state index is 0.0599. The van der Waals surface area contributed by atoms with Crippen LogP contribution in [0.25, 0.3) is 16.5 Å². The molecule has 92 valence electrons. The van der Waals surface area contributed by atoms with E-state index < -0.39 is 0 Å². The number of hydrogen-bond donors (Lipinski definition) is 0. The summed E-state index contributed by atoms with van der Waals surface area (Å²) in [7, 11) is 1.77. The van der Waals surface area contributed by atoms with Crippen LogP contribution >= 0.6 is 11.6 Å². The average Bonchev–Trinajstić information content (AvgIpc) is 2.44. The predicted molar refractivity (Wildman–Crippen MR) is 73.4 cm³/mol. The molecule has 0 saturated carbocycles. The zero-order valence-electron chi connectivity index (χ0n) is 9.94. The molecule has 2 heterocycles. The van der Waals surface area contributed by atoms with Gasteiger partial charge in [0.15, 0.2) is 0 Å². The van der Waals surface area contributed by atoms with Crippen LogP contribution in [0.15, 0.2) is 35.1 Å². The molecule has 0 aliphatic carbocycles. The Morgan fingerprint density at radius 2 is 2.17 bits per heavy atom. The summed E-state index contributed by atoms with van der Waals surface area (Å²) in [4.78, 5) is 12.4. The number of benzene rings is 1. The van der Waals surface area contributed by atoms with E-state index in [9.17, 15) is 4.79 Å². The highest BCUT2D eigenvalue weighted by atomic mass is 35.5. The van der Waals surface area contributed by atoms with Crippen LogP contribution < -0.4 is 10.3 Å². The fraction of sp³-hybridized carbons (Fsp3) is 0.214. The molecule has 4 heteroatoms. The minimum Gasteiger partial charge on any atom is -0.488 e.